The lowest BCUT2D eigenvalue weighted by molar-refractivity contribution is -0.379. The van der Waals surface area contributed by atoms with Crippen molar-refractivity contribution in [2.24, 2.45) is 0 Å². The van der Waals surface area contributed by atoms with Crippen molar-refractivity contribution in [3.05, 3.63) is 60.8 Å². The second-order valence-electron chi connectivity index (χ2n) is 22.5. The lowest BCUT2D eigenvalue weighted by Gasteiger charge is -2.48. The van der Waals surface area contributed by atoms with E-state index in [1.807, 2.05) is 6.08 Å². The minimum absolute atomic E-state index is 0.221. The maximum absolute atomic E-state index is 13.3. The number of allylic oxidation sites excluding steroid dienone is 9. The topological polar surface area (TPSA) is 307 Å². The van der Waals surface area contributed by atoms with Gasteiger partial charge in [0.1, 0.15) is 73.2 Å². The number of hydrogen-bond acceptors (Lipinski definition) is 18. The van der Waals surface area contributed by atoms with Crippen LogP contribution in [0.5, 0.6) is 0 Å². The minimum atomic E-state index is -1.98. The van der Waals surface area contributed by atoms with Crippen LogP contribution in [0.25, 0.3) is 0 Å². The molecule has 0 aromatic rings. The highest BCUT2D eigenvalue weighted by Crippen LogP contribution is 2.33. The Labute approximate surface area is 490 Å². The van der Waals surface area contributed by atoms with Gasteiger partial charge < -0.3 is 89.9 Å². The fourth-order valence-electron chi connectivity index (χ4n) is 10.3. The molecule has 0 aliphatic carbocycles. The van der Waals surface area contributed by atoms with Gasteiger partial charge in [0.05, 0.1) is 38.6 Å². The van der Waals surface area contributed by atoms with E-state index >= 15 is 0 Å². The first-order chi connectivity index (χ1) is 39.8. The molecule has 3 rings (SSSR count). The van der Waals surface area contributed by atoms with Gasteiger partial charge in [-0.15, -0.1) is 0 Å². The second-order valence-corrected chi connectivity index (χ2v) is 22.5. The minimum Gasteiger partial charge on any atom is -0.394 e. The average molecular weight is 1170 g/mol. The van der Waals surface area contributed by atoms with Crippen LogP contribution in [0.3, 0.4) is 0 Å². The molecule has 3 aliphatic rings. The Balaban J connectivity index is 1.51. The summed E-state index contributed by atoms with van der Waals surface area (Å²) in [4.78, 5) is 13.3. The Kier molecular flexibility index (Phi) is 41.2. The highest BCUT2D eigenvalue weighted by atomic mass is 16.8. The molecule has 1 amide bonds. The van der Waals surface area contributed by atoms with E-state index in [0.717, 1.165) is 83.5 Å². The van der Waals surface area contributed by atoms with Gasteiger partial charge in [0, 0.05) is 6.42 Å². The van der Waals surface area contributed by atoms with E-state index in [1.165, 1.54) is 83.5 Å². The summed E-state index contributed by atoms with van der Waals surface area (Å²) in [6, 6.07) is -1.00. The third-order valence-electron chi connectivity index (χ3n) is 15.5. The van der Waals surface area contributed by atoms with Gasteiger partial charge in [0.25, 0.3) is 0 Å². The average Bonchev–Trinajstić information content (AvgIpc) is 3.43. The molecule has 12 N–H and O–H groups in total. The van der Waals surface area contributed by atoms with Gasteiger partial charge in [0.2, 0.25) is 5.91 Å². The molecule has 0 bridgehead atoms. The Morgan fingerprint density at radius 1 is 0.439 bits per heavy atom. The van der Waals surface area contributed by atoms with Crippen molar-refractivity contribution >= 4 is 5.91 Å². The number of nitrogens with one attached hydrogen (secondary N) is 1. The highest BCUT2D eigenvalue weighted by molar-refractivity contribution is 5.76. The van der Waals surface area contributed by atoms with Gasteiger partial charge in [-0.2, -0.15) is 0 Å². The lowest BCUT2D eigenvalue weighted by atomic mass is 9.96. The molecule has 82 heavy (non-hydrogen) atoms. The molecular formula is C63H111NO18. The molecule has 3 heterocycles. The van der Waals surface area contributed by atoms with Crippen LogP contribution in [0.2, 0.25) is 0 Å². The molecule has 0 spiro atoms. The van der Waals surface area contributed by atoms with Crippen molar-refractivity contribution in [1.82, 2.24) is 5.32 Å². The summed E-state index contributed by atoms with van der Waals surface area (Å²) in [7, 11) is 0. The van der Waals surface area contributed by atoms with E-state index in [0.29, 0.717) is 12.8 Å². The van der Waals surface area contributed by atoms with Gasteiger partial charge in [-0.3, -0.25) is 4.79 Å². The normalized spacial score (nSPS) is 30.0. The molecule has 3 saturated heterocycles. The molecule has 19 heteroatoms. The summed E-state index contributed by atoms with van der Waals surface area (Å²) in [5.41, 5.74) is 0. The summed E-state index contributed by atoms with van der Waals surface area (Å²) < 4.78 is 34.2. The molecule has 3 fully saturated rings. The molecule has 19 nitrogen and oxygen atoms in total. The molecule has 476 valence electrons. The zero-order valence-electron chi connectivity index (χ0n) is 49.7. The molecule has 3 aliphatic heterocycles. The van der Waals surface area contributed by atoms with E-state index in [1.54, 1.807) is 6.08 Å². The van der Waals surface area contributed by atoms with Crippen molar-refractivity contribution in [2.45, 2.75) is 304 Å². The van der Waals surface area contributed by atoms with E-state index < -0.39 is 124 Å². The Hall–Kier alpha value is -2.51. The van der Waals surface area contributed by atoms with Gasteiger partial charge in [-0.1, -0.05) is 177 Å². The van der Waals surface area contributed by atoms with Crippen LogP contribution in [0.1, 0.15) is 200 Å². The highest BCUT2D eigenvalue weighted by Gasteiger charge is 2.53. The Bertz CT molecular complexity index is 1730. The molecule has 0 saturated carbocycles. The third-order valence-corrected chi connectivity index (χ3v) is 15.5. The summed E-state index contributed by atoms with van der Waals surface area (Å²) in [5, 5.41) is 120. The smallest absolute Gasteiger partial charge is 0.220 e. The van der Waals surface area contributed by atoms with Crippen molar-refractivity contribution in [2.75, 3.05) is 26.4 Å². The van der Waals surface area contributed by atoms with Crippen LogP contribution in [-0.4, -0.2) is 193 Å². The SMILES string of the molecule is CCCCCC/C=C\C/C=C\CCCCCCCCCC(=O)NC(COC1OC(CO)C(OC2OC(CO)C(OC3OC(CO)C(O)C(O)C3O)C(O)C2O)C(O)C1O)C(O)/C=C/CC/C=C/CC/C=C/CCCCCCCCCCC. The number of amides is 1. The van der Waals surface area contributed by atoms with Gasteiger partial charge in [-0.25, -0.2) is 0 Å². The van der Waals surface area contributed by atoms with E-state index in [2.05, 4.69) is 67.8 Å². The van der Waals surface area contributed by atoms with E-state index in [9.17, 15) is 61.0 Å². The number of hydrogen-bond donors (Lipinski definition) is 12. The predicted octanol–water partition coefficient (Wildman–Crippen LogP) is 6.43. The monoisotopic (exact) mass is 1170 g/mol. The largest absolute Gasteiger partial charge is 0.394 e. The molecule has 17 atom stereocenters. The predicted molar refractivity (Wildman–Crippen MR) is 314 cm³/mol. The Morgan fingerprint density at radius 2 is 0.817 bits per heavy atom. The number of ether oxygens (including phenoxy) is 6. The van der Waals surface area contributed by atoms with E-state index in [-0.39, 0.29) is 18.9 Å². The van der Waals surface area contributed by atoms with Crippen molar-refractivity contribution in [3.8, 4) is 0 Å². The molecule has 0 aromatic carbocycles. The summed E-state index contributed by atoms with van der Waals surface area (Å²) >= 11 is 0. The summed E-state index contributed by atoms with van der Waals surface area (Å²) in [6.07, 6.45) is 26.2. The van der Waals surface area contributed by atoms with Gasteiger partial charge in [-0.05, 0) is 77.0 Å². The molecule has 17 unspecified atom stereocenters. The lowest BCUT2D eigenvalue weighted by Crippen LogP contribution is -2.66. The number of carbonyl (C=O) groups is 1. The second kappa shape index (κ2) is 45.8. The number of aliphatic hydroxyl groups is 11. The Morgan fingerprint density at radius 3 is 1.30 bits per heavy atom. The first kappa shape index (κ1) is 73.7. The van der Waals surface area contributed by atoms with Crippen LogP contribution >= 0.6 is 0 Å². The zero-order valence-corrected chi connectivity index (χ0v) is 49.7. The van der Waals surface area contributed by atoms with Crippen molar-refractivity contribution < 1.29 is 89.4 Å². The fourth-order valence-corrected chi connectivity index (χ4v) is 10.3. The maximum atomic E-state index is 13.3. The summed E-state index contributed by atoms with van der Waals surface area (Å²) in [5.74, 6) is -0.300. The van der Waals surface area contributed by atoms with Crippen LogP contribution in [-0.2, 0) is 33.2 Å². The molecule has 0 radical (unpaired) electrons. The van der Waals surface area contributed by atoms with Crippen LogP contribution in [0, 0.1) is 0 Å². The number of carbonyl (C=O) groups excluding carboxylic acids is 1. The number of rotatable bonds is 46. The first-order valence-corrected chi connectivity index (χ1v) is 31.5. The van der Waals surface area contributed by atoms with Crippen molar-refractivity contribution in [1.29, 1.82) is 0 Å². The summed E-state index contributed by atoms with van der Waals surface area (Å²) in [6.45, 7) is 1.66. The molecule has 0 aromatic heterocycles. The van der Waals surface area contributed by atoms with Gasteiger partial charge >= 0.3 is 0 Å². The maximum Gasteiger partial charge on any atom is 0.220 e. The molecular weight excluding hydrogens is 1060 g/mol. The third kappa shape index (κ3) is 28.8. The standard InChI is InChI=1S/C63H111NO18/c1-3-5-7-9-11-13-15-17-19-21-23-24-26-28-30-32-34-36-38-40-47(68)46(64-51(69)41-39-37-35-33-31-29-27-25-22-20-18-16-14-12-10-8-6-4-2)45-77-61-57(75)54(72)59(49(43-66)79-61)82-63-58(76)55(73)60(50(44-67)80-63)81-62-56(74)53(71)52(70)48(42-65)78-62/h14,16,20,22-24,30,32,38,40,46-50,52-63,65-68,70-76H,3-13,15,17-19,21,25-29,31,33-37,39,41-45H2,1-2H3,(H,64,69)/b16-14-,22-20-,24-23+,32-30+,40-38+. The fraction of sp³-hybridized carbons (Fsp3) is 0.825. The van der Waals surface area contributed by atoms with Crippen LogP contribution in [0.15, 0.2) is 60.8 Å². The van der Waals surface area contributed by atoms with Crippen LogP contribution in [0.4, 0.5) is 0 Å². The first-order valence-electron chi connectivity index (χ1n) is 31.5. The van der Waals surface area contributed by atoms with Gasteiger partial charge in [0.15, 0.2) is 18.9 Å². The zero-order chi connectivity index (χ0) is 59.7. The van der Waals surface area contributed by atoms with Crippen LogP contribution < -0.4 is 5.32 Å². The quantitative estimate of drug-likeness (QED) is 0.0231. The number of aliphatic hydroxyl groups excluding tert-OH is 11. The van der Waals surface area contributed by atoms with E-state index in [4.69, 9.17) is 28.4 Å². The van der Waals surface area contributed by atoms with Crippen molar-refractivity contribution in [3.63, 3.8) is 0 Å². The number of unbranched alkanes of at least 4 members (excludes halogenated alkanes) is 22.